The Labute approximate surface area is 54.7 Å². The highest BCUT2D eigenvalue weighted by atomic mass is 32.2. The molecule has 1 aliphatic carbocycles. The van der Waals surface area contributed by atoms with Gasteiger partial charge < -0.3 is 0 Å². The molecular formula is C7H9S. The molecule has 0 N–H and O–H groups in total. The fourth-order valence-corrected chi connectivity index (χ4v) is 1.13. The van der Waals surface area contributed by atoms with Gasteiger partial charge in [-0.3, -0.25) is 0 Å². The minimum atomic E-state index is 0.625. The highest BCUT2D eigenvalue weighted by Gasteiger charge is 1.99. The molecule has 0 aromatic carbocycles. The van der Waals surface area contributed by atoms with Gasteiger partial charge >= 0.3 is 0 Å². The maximum Gasteiger partial charge on any atom is 0.0265 e. The van der Waals surface area contributed by atoms with Crippen LogP contribution < -0.4 is 0 Å². The molecule has 0 amide bonds. The monoisotopic (exact) mass is 125 g/mol. The highest BCUT2D eigenvalue weighted by molar-refractivity contribution is 8.01. The average Bonchev–Trinajstić information content (AvgIpc) is 1.90. The summed E-state index contributed by atoms with van der Waals surface area (Å²) in [6, 6.07) is 0. The lowest BCUT2D eigenvalue weighted by molar-refractivity contribution is 1.06. The van der Waals surface area contributed by atoms with Gasteiger partial charge in [0.05, 0.1) is 0 Å². The molecule has 1 aliphatic rings. The molecule has 0 aromatic heterocycles. The fourth-order valence-electron chi connectivity index (χ4n) is 0.682. The van der Waals surface area contributed by atoms with Crippen molar-refractivity contribution >= 4 is 11.8 Å². The molecule has 43 valence electrons. The van der Waals surface area contributed by atoms with E-state index >= 15 is 0 Å². The molecule has 0 spiro atoms. The molecule has 0 saturated heterocycles. The summed E-state index contributed by atoms with van der Waals surface area (Å²) in [5.74, 6) is 0. The summed E-state index contributed by atoms with van der Waals surface area (Å²) >= 11 is 1.66. The molecule has 1 radical (unpaired) electrons. The van der Waals surface area contributed by atoms with E-state index in [1.165, 1.54) is 0 Å². The maximum absolute atomic E-state index is 3.74. The molecule has 8 heavy (non-hydrogen) atoms. The minimum absolute atomic E-state index is 0.625. The van der Waals surface area contributed by atoms with E-state index in [2.05, 4.69) is 30.6 Å². The second-order valence-electron chi connectivity index (χ2n) is 1.75. The van der Waals surface area contributed by atoms with Crippen LogP contribution in [0.2, 0.25) is 0 Å². The lowest BCUT2D eigenvalue weighted by atomic mass is 10.2. The van der Waals surface area contributed by atoms with Crippen molar-refractivity contribution in [1.29, 1.82) is 0 Å². The van der Waals surface area contributed by atoms with Crippen molar-refractivity contribution in [2.45, 2.75) is 11.7 Å². The zero-order chi connectivity index (χ0) is 5.82. The van der Waals surface area contributed by atoms with Gasteiger partial charge in [0.15, 0.2) is 0 Å². The number of hydrogen-bond acceptors (Lipinski definition) is 1. The van der Waals surface area contributed by atoms with Crippen molar-refractivity contribution in [3.05, 3.63) is 30.6 Å². The second kappa shape index (κ2) is 2.98. The van der Waals surface area contributed by atoms with E-state index in [1.54, 1.807) is 11.8 Å². The quantitative estimate of drug-likeness (QED) is 0.518. The maximum atomic E-state index is 3.74. The molecule has 1 unspecified atom stereocenters. The van der Waals surface area contributed by atoms with Gasteiger partial charge in [0.25, 0.3) is 0 Å². The van der Waals surface area contributed by atoms with Crippen LogP contribution in [0.15, 0.2) is 24.3 Å². The molecule has 0 fully saturated rings. The van der Waals surface area contributed by atoms with Crippen LogP contribution in [-0.4, -0.2) is 5.25 Å². The lowest BCUT2D eigenvalue weighted by Crippen LogP contribution is -1.95. The lowest BCUT2D eigenvalue weighted by Gasteiger charge is -2.07. The number of hydrogen-bond donors (Lipinski definition) is 0. The Hall–Kier alpha value is -0.170. The van der Waals surface area contributed by atoms with Crippen molar-refractivity contribution in [3.8, 4) is 0 Å². The van der Waals surface area contributed by atoms with E-state index in [0.717, 1.165) is 6.42 Å². The van der Waals surface area contributed by atoms with E-state index in [0.29, 0.717) is 5.25 Å². The molecule has 0 aromatic rings. The zero-order valence-corrected chi connectivity index (χ0v) is 5.53. The van der Waals surface area contributed by atoms with E-state index in [4.69, 9.17) is 0 Å². The second-order valence-corrected chi connectivity index (χ2v) is 2.69. The molecule has 0 aliphatic heterocycles. The summed E-state index contributed by atoms with van der Waals surface area (Å²) in [6.07, 6.45) is 13.4. The molecule has 0 saturated carbocycles. The number of allylic oxidation sites excluding steroid dienone is 3. The Bertz CT molecular complexity index is 114. The highest BCUT2D eigenvalue weighted by Crippen LogP contribution is 2.17. The Balaban J connectivity index is 2.40. The minimum Gasteiger partial charge on any atom is -0.153 e. The van der Waals surface area contributed by atoms with Crippen LogP contribution in [0.4, 0.5) is 0 Å². The Morgan fingerprint density at radius 3 is 2.75 bits per heavy atom. The van der Waals surface area contributed by atoms with Gasteiger partial charge in [-0.2, -0.15) is 11.8 Å². The Morgan fingerprint density at radius 1 is 1.50 bits per heavy atom. The summed E-state index contributed by atoms with van der Waals surface area (Å²) in [4.78, 5) is 0. The van der Waals surface area contributed by atoms with Gasteiger partial charge in [-0.25, -0.2) is 0 Å². The molecule has 0 nitrogen and oxygen atoms in total. The van der Waals surface area contributed by atoms with E-state index in [1.807, 2.05) is 0 Å². The summed E-state index contributed by atoms with van der Waals surface area (Å²) in [5.41, 5.74) is 0. The zero-order valence-electron chi connectivity index (χ0n) is 4.71. The van der Waals surface area contributed by atoms with Crippen LogP contribution in [0, 0.1) is 6.26 Å². The van der Waals surface area contributed by atoms with Crippen LogP contribution in [-0.2, 0) is 0 Å². The molecule has 0 heterocycles. The first-order chi connectivity index (χ1) is 3.93. The van der Waals surface area contributed by atoms with Crippen LogP contribution in [0.3, 0.4) is 0 Å². The average molecular weight is 125 g/mol. The Morgan fingerprint density at radius 2 is 2.38 bits per heavy atom. The summed E-state index contributed by atoms with van der Waals surface area (Å²) in [6.45, 7) is 0. The largest absolute Gasteiger partial charge is 0.153 e. The number of rotatable bonds is 1. The summed E-state index contributed by atoms with van der Waals surface area (Å²) < 4.78 is 0. The van der Waals surface area contributed by atoms with E-state index in [-0.39, 0.29) is 0 Å². The first-order valence-corrected chi connectivity index (χ1v) is 3.72. The summed E-state index contributed by atoms with van der Waals surface area (Å²) in [7, 11) is 0. The molecule has 1 atom stereocenters. The van der Waals surface area contributed by atoms with Gasteiger partial charge in [-0.1, -0.05) is 24.3 Å². The third kappa shape index (κ3) is 1.41. The van der Waals surface area contributed by atoms with Crippen molar-refractivity contribution in [2.75, 3.05) is 0 Å². The van der Waals surface area contributed by atoms with E-state index < -0.39 is 0 Å². The van der Waals surface area contributed by atoms with Gasteiger partial charge in [0.2, 0.25) is 0 Å². The van der Waals surface area contributed by atoms with Crippen molar-refractivity contribution in [2.24, 2.45) is 0 Å². The van der Waals surface area contributed by atoms with Gasteiger partial charge in [-0.05, 0) is 6.42 Å². The molecule has 0 bridgehead atoms. The molecular weight excluding hydrogens is 116 g/mol. The first-order valence-electron chi connectivity index (χ1n) is 2.67. The third-order valence-corrected chi connectivity index (χ3v) is 1.93. The van der Waals surface area contributed by atoms with Crippen molar-refractivity contribution < 1.29 is 0 Å². The van der Waals surface area contributed by atoms with Crippen LogP contribution in [0.25, 0.3) is 0 Å². The standard InChI is InChI=1S/C7H9S/c1-8-7-5-3-2-4-6-7/h2-5,7H,1,6H2. The van der Waals surface area contributed by atoms with Crippen LogP contribution in [0.5, 0.6) is 0 Å². The molecule has 1 heteroatoms. The third-order valence-electron chi connectivity index (χ3n) is 1.16. The predicted molar refractivity (Wildman–Crippen MR) is 39.6 cm³/mol. The summed E-state index contributed by atoms with van der Waals surface area (Å²) in [5, 5.41) is 0.625. The SMILES string of the molecule is [CH2]SC1C=CC=CC1. The van der Waals surface area contributed by atoms with Gasteiger partial charge in [-0.15, -0.1) is 0 Å². The van der Waals surface area contributed by atoms with Gasteiger partial charge in [0, 0.05) is 11.5 Å². The van der Waals surface area contributed by atoms with Crippen LogP contribution >= 0.6 is 11.8 Å². The van der Waals surface area contributed by atoms with Crippen molar-refractivity contribution in [1.82, 2.24) is 0 Å². The normalized spacial score (nSPS) is 26.4. The van der Waals surface area contributed by atoms with E-state index in [9.17, 15) is 0 Å². The smallest absolute Gasteiger partial charge is 0.0265 e. The predicted octanol–water partition coefficient (Wildman–Crippen LogP) is 2.40. The number of thioether (sulfide) groups is 1. The Kier molecular flexibility index (Phi) is 2.22. The van der Waals surface area contributed by atoms with Crippen molar-refractivity contribution in [3.63, 3.8) is 0 Å². The fraction of sp³-hybridized carbons (Fsp3) is 0.286. The molecule has 1 rings (SSSR count). The topological polar surface area (TPSA) is 0 Å². The van der Waals surface area contributed by atoms with Crippen LogP contribution in [0.1, 0.15) is 6.42 Å². The van der Waals surface area contributed by atoms with Gasteiger partial charge in [0.1, 0.15) is 0 Å². The first kappa shape index (κ1) is 5.96.